The van der Waals surface area contributed by atoms with Gasteiger partial charge in [0.2, 0.25) is 12.7 Å². The molecule has 0 saturated carbocycles. The van der Waals surface area contributed by atoms with Crippen molar-refractivity contribution in [1.29, 1.82) is 5.26 Å². The van der Waals surface area contributed by atoms with Gasteiger partial charge in [-0.2, -0.15) is 5.26 Å². The minimum Gasteiger partial charge on any atom is -0.454 e. The molecule has 5 heterocycles. The second-order valence-electron chi connectivity index (χ2n) is 7.04. The van der Waals surface area contributed by atoms with Crippen molar-refractivity contribution in [3.63, 3.8) is 0 Å². The minimum absolute atomic E-state index is 0.0371. The van der Waals surface area contributed by atoms with Gasteiger partial charge in [-0.1, -0.05) is 11.6 Å². The first kappa shape index (κ1) is 20.2. The molecule has 0 atom stereocenters. The summed E-state index contributed by atoms with van der Waals surface area (Å²) in [6.45, 7) is -0.0371. The van der Waals surface area contributed by atoms with E-state index in [9.17, 15) is 14.9 Å². The zero-order chi connectivity index (χ0) is 23.4. The molecule has 1 aromatic carbocycles. The molecule has 0 aliphatic carbocycles. The number of nitrogens with one attached hydrogen (secondary N) is 2. The predicted molar refractivity (Wildman–Crippen MR) is 123 cm³/mol. The molecule has 0 radical (unpaired) electrons. The number of rotatable bonds is 3. The van der Waals surface area contributed by atoms with Crippen LogP contribution in [0.5, 0.6) is 11.5 Å². The third kappa shape index (κ3) is 2.92. The fraction of sp³-hybridized carbons (Fsp3) is 0.0476. The number of fused-ring (bicyclic) bond motifs is 1. The standard InChI is InChI=1S/C21H10ClN7O4S/c22-10-2-3-11-16(33-8-32-11)15(10)29-14-9(6-23)7-26-19-12(14)13(27-21(29)31)17(34-19)18(30)28-20-24-4-1-5-25-20/h1-5,7H,8H2,(H,27,31)(H,24,25,28,30). The number of aromatic nitrogens is 3. The van der Waals surface area contributed by atoms with Gasteiger partial charge in [0.05, 0.1) is 27.3 Å². The molecule has 0 spiro atoms. The summed E-state index contributed by atoms with van der Waals surface area (Å²) in [7, 11) is 0. The summed E-state index contributed by atoms with van der Waals surface area (Å²) in [6.07, 6.45) is 4.33. The van der Waals surface area contributed by atoms with Crippen molar-refractivity contribution in [2.45, 2.75) is 0 Å². The predicted octanol–water partition coefficient (Wildman–Crippen LogP) is 4.28. The third-order valence-corrected chi connectivity index (χ3v) is 6.56. The Hall–Kier alpha value is -4.47. The van der Waals surface area contributed by atoms with Crippen LogP contribution < -0.4 is 25.0 Å². The third-order valence-electron chi connectivity index (χ3n) is 5.16. The van der Waals surface area contributed by atoms with E-state index >= 15 is 0 Å². The number of hydrogen-bond acceptors (Lipinski definition) is 9. The largest absolute Gasteiger partial charge is 0.454 e. The molecule has 0 unspecified atom stereocenters. The van der Waals surface area contributed by atoms with Crippen molar-refractivity contribution in [2.24, 2.45) is 0 Å². The van der Waals surface area contributed by atoms with Crippen LogP contribution in [-0.4, -0.2) is 33.7 Å². The van der Waals surface area contributed by atoms with Gasteiger partial charge in [-0.25, -0.2) is 19.7 Å². The Labute approximate surface area is 199 Å². The van der Waals surface area contributed by atoms with Crippen molar-refractivity contribution in [2.75, 3.05) is 22.3 Å². The summed E-state index contributed by atoms with van der Waals surface area (Å²) >= 11 is 7.54. The molecule has 6 rings (SSSR count). The molecular weight excluding hydrogens is 482 g/mol. The monoisotopic (exact) mass is 491 g/mol. The first-order valence-electron chi connectivity index (χ1n) is 9.70. The maximum absolute atomic E-state index is 13.4. The van der Waals surface area contributed by atoms with Crippen LogP contribution in [0.25, 0.3) is 10.2 Å². The first-order chi connectivity index (χ1) is 16.6. The average molecular weight is 492 g/mol. The minimum atomic E-state index is -0.634. The molecule has 2 N–H and O–H groups in total. The maximum Gasteiger partial charge on any atom is 0.331 e. The van der Waals surface area contributed by atoms with Gasteiger partial charge in [-0.15, -0.1) is 11.3 Å². The summed E-state index contributed by atoms with van der Waals surface area (Å²) in [4.78, 5) is 40.6. The lowest BCUT2D eigenvalue weighted by molar-refractivity contribution is 0.103. The van der Waals surface area contributed by atoms with Crippen LogP contribution >= 0.6 is 22.9 Å². The van der Waals surface area contributed by atoms with Crippen LogP contribution in [0, 0.1) is 11.3 Å². The number of halogens is 1. The van der Waals surface area contributed by atoms with Crippen LogP contribution in [0.1, 0.15) is 15.2 Å². The number of benzene rings is 1. The number of carbonyl (C=O) groups is 2. The number of urea groups is 1. The number of nitrogens with zero attached hydrogens (tertiary/aromatic N) is 5. The molecule has 34 heavy (non-hydrogen) atoms. The van der Waals surface area contributed by atoms with Crippen molar-refractivity contribution in [3.05, 3.63) is 52.3 Å². The summed E-state index contributed by atoms with van der Waals surface area (Å²) in [5.74, 6) is 0.262. The van der Waals surface area contributed by atoms with Gasteiger partial charge < -0.3 is 14.8 Å². The fourth-order valence-electron chi connectivity index (χ4n) is 3.78. The van der Waals surface area contributed by atoms with E-state index in [0.29, 0.717) is 16.0 Å². The quantitative estimate of drug-likeness (QED) is 0.432. The zero-order valence-electron chi connectivity index (χ0n) is 16.8. The number of hydrogen-bond donors (Lipinski definition) is 2. The van der Waals surface area contributed by atoms with E-state index in [0.717, 1.165) is 11.3 Å². The zero-order valence-corrected chi connectivity index (χ0v) is 18.4. The first-order valence-corrected chi connectivity index (χ1v) is 10.9. The molecule has 3 aromatic heterocycles. The van der Waals surface area contributed by atoms with E-state index in [-0.39, 0.29) is 51.0 Å². The number of anilines is 4. The molecule has 166 valence electrons. The lowest BCUT2D eigenvalue weighted by atomic mass is 10.1. The Bertz CT molecular complexity index is 1570. The number of ether oxygens (including phenoxy) is 2. The van der Waals surface area contributed by atoms with E-state index in [1.54, 1.807) is 18.2 Å². The highest BCUT2D eigenvalue weighted by Crippen LogP contribution is 2.53. The molecule has 13 heteroatoms. The molecular formula is C21H10ClN7O4S. The SMILES string of the molecule is N#Cc1cnc2sc(C(=O)Nc3ncccn3)c3c2c1N(c1c(Cl)ccc2c1OCO2)C(=O)N3. The van der Waals surface area contributed by atoms with E-state index < -0.39 is 11.9 Å². The Kier molecular flexibility index (Phi) is 4.47. The van der Waals surface area contributed by atoms with Gasteiger partial charge in [0.25, 0.3) is 5.91 Å². The van der Waals surface area contributed by atoms with E-state index in [2.05, 4.69) is 31.7 Å². The van der Waals surface area contributed by atoms with E-state index in [1.807, 2.05) is 0 Å². The van der Waals surface area contributed by atoms with Crippen LogP contribution in [0.4, 0.5) is 27.8 Å². The Balaban J connectivity index is 1.56. The van der Waals surface area contributed by atoms with E-state index in [1.165, 1.54) is 23.5 Å². The highest BCUT2D eigenvalue weighted by Gasteiger charge is 2.38. The topological polar surface area (TPSA) is 142 Å². The summed E-state index contributed by atoms with van der Waals surface area (Å²) < 4.78 is 11.0. The Morgan fingerprint density at radius 3 is 2.85 bits per heavy atom. The summed E-state index contributed by atoms with van der Waals surface area (Å²) in [6, 6.07) is 6.26. The Morgan fingerprint density at radius 1 is 1.24 bits per heavy atom. The maximum atomic E-state index is 13.4. The van der Waals surface area contributed by atoms with Crippen LogP contribution in [0.3, 0.4) is 0 Å². The van der Waals surface area contributed by atoms with Gasteiger partial charge in [0.1, 0.15) is 21.5 Å². The highest BCUT2D eigenvalue weighted by molar-refractivity contribution is 7.21. The lowest BCUT2D eigenvalue weighted by Crippen LogP contribution is -2.35. The van der Waals surface area contributed by atoms with Crippen molar-refractivity contribution in [3.8, 4) is 17.6 Å². The summed E-state index contributed by atoms with van der Waals surface area (Å²) in [5, 5.41) is 15.8. The number of pyridine rings is 1. The van der Waals surface area contributed by atoms with Gasteiger partial charge in [0.15, 0.2) is 11.5 Å². The Morgan fingerprint density at radius 2 is 2.06 bits per heavy atom. The second kappa shape index (κ2) is 7.55. The van der Waals surface area contributed by atoms with Gasteiger partial charge in [-0.3, -0.25) is 15.0 Å². The average Bonchev–Trinajstić information content (AvgIpc) is 3.46. The van der Waals surface area contributed by atoms with Crippen LogP contribution in [0.15, 0.2) is 36.8 Å². The molecule has 4 aromatic rings. The van der Waals surface area contributed by atoms with Gasteiger partial charge in [-0.05, 0) is 18.2 Å². The molecule has 2 aliphatic rings. The number of carbonyl (C=O) groups excluding carboxylic acids is 2. The molecule has 0 saturated heterocycles. The normalized spacial score (nSPS) is 13.5. The van der Waals surface area contributed by atoms with Gasteiger partial charge in [0, 0.05) is 18.6 Å². The molecule has 3 amide bonds. The molecule has 0 bridgehead atoms. The highest BCUT2D eigenvalue weighted by atomic mass is 35.5. The molecule has 11 nitrogen and oxygen atoms in total. The van der Waals surface area contributed by atoms with Crippen molar-refractivity contribution < 1.29 is 19.1 Å². The number of amides is 3. The van der Waals surface area contributed by atoms with Crippen molar-refractivity contribution >= 4 is 68.1 Å². The van der Waals surface area contributed by atoms with Crippen LogP contribution in [-0.2, 0) is 0 Å². The van der Waals surface area contributed by atoms with Crippen molar-refractivity contribution in [1.82, 2.24) is 15.0 Å². The number of thiophene rings is 1. The van der Waals surface area contributed by atoms with E-state index in [4.69, 9.17) is 21.1 Å². The molecule has 0 fully saturated rings. The summed E-state index contributed by atoms with van der Waals surface area (Å²) in [5.41, 5.74) is 0.810. The number of nitriles is 1. The molecule has 2 aliphatic heterocycles. The fourth-order valence-corrected chi connectivity index (χ4v) is 5.02. The smallest absolute Gasteiger partial charge is 0.331 e. The second-order valence-corrected chi connectivity index (χ2v) is 8.45. The lowest BCUT2D eigenvalue weighted by Gasteiger charge is -2.30. The van der Waals surface area contributed by atoms with Gasteiger partial charge >= 0.3 is 6.03 Å². The van der Waals surface area contributed by atoms with Crippen LogP contribution in [0.2, 0.25) is 5.02 Å².